The Kier molecular flexibility index (Phi) is 4.04. The Morgan fingerprint density at radius 1 is 1.42 bits per heavy atom. The summed E-state index contributed by atoms with van der Waals surface area (Å²) in [6.07, 6.45) is 0. The number of piperazine rings is 1. The lowest BCUT2D eigenvalue weighted by molar-refractivity contribution is -0.123. The Labute approximate surface area is 113 Å². The molecular weight excluding hydrogens is 242 g/mol. The van der Waals surface area contributed by atoms with Crippen molar-refractivity contribution in [3.05, 3.63) is 23.0 Å². The van der Waals surface area contributed by atoms with E-state index in [2.05, 4.69) is 16.8 Å². The summed E-state index contributed by atoms with van der Waals surface area (Å²) in [7, 11) is 0. The third-order valence-corrected chi connectivity index (χ3v) is 3.67. The molecule has 0 aromatic carbocycles. The van der Waals surface area contributed by atoms with Crippen LogP contribution in [-0.4, -0.2) is 47.3 Å². The van der Waals surface area contributed by atoms with E-state index in [0.29, 0.717) is 19.6 Å². The highest BCUT2D eigenvalue weighted by atomic mass is 16.2. The average molecular weight is 263 g/mol. The van der Waals surface area contributed by atoms with Crippen LogP contribution in [0, 0.1) is 13.8 Å². The maximum Gasteiger partial charge on any atom is 0.234 e. The van der Waals surface area contributed by atoms with Crippen LogP contribution >= 0.6 is 0 Å². The maximum atomic E-state index is 12.3. The molecule has 5 nitrogen and oxygen atoms in total. The van der Waals surface area contributed by atoms with Gasteiger partial charge in [0.2, 0.25) is 5.91 Å². The second-order valence-electron chi connectivity index (χ2n) is 5.01. The van der Waals surface area contributed by atoms with E-state index >= 15 is 0 Å². The van der Waals surface area contributed by atoms with Gasteiger partial charge < -0.3 is 9.88 Å². The van der Waals surface area contributed by atoms with Crippen molar-refractivity contribution in [3.8, 4) is 0 Å². The lowest BCUT2D eigenvalue weighted by Gasteiger charge is -2.25. The van der Waals surface area contributed by atoms with E-state index in [-0.39, 0.29) is 11.7 Å². The largest absolute Gasteiger partial charge is 0.354 e. The molecule has 19 heavy (non-hydrogen) atoms. The van der Waals surface area contributed by atoms with E-state index in [1.54, 1.807) is 0 Å². The number of aryl methyl sites for hydroxylation is 1. The number of carbonyl (C=O) groups excluding carboxylic acids is 2. The molecule has 1 fully saturated rings. The highest BCUT2D eigenvalue weighted by Crippen LogP contribution is 2.16. The fourth-order valence-corrected chi connectivity index (χ4v) is 2.68. The van der Waals surface area contributed by atoms with Crippen molar-refractivity contribution in [2.24, 2.45) is 0 Å². The van der Waals surface area contributed by atoms with Crippen LogP contribution in [0.15, 0.2) is 6.07 Å². The van der Waals surface area contributed by atoms with E-state index in [4.69, 9.17) is 0 Å². The van der Waals surface area contributed by atoms with Gasteiger partial charge in [0.1, 0.15) is 0 Å². The van der Waals surface area contributed by atoms with E-state index in [0.717, 1.165) is 30.0 Å². The van der Waals surface area contributed by atoms with Gasteiger partial charge >= 0.3 is 0 Å². The van der Waals surface area contributed by atoms with Crippen molar-refractivity contribution in [1.29, 1.82) is 0 Å². The number of carbonyl (C=O) groups is 2. The summed E-state index contributed by atoms with van der Waals surface area (Å²) < 4.78 is 2.14. The standard InChI is InChI=1S/C14H21N3O2/c1-4-17-10(2)7-12(11(17)3)13(18)8-16-6-5-15-14(19)9-16/h7H,4-6,8-9H2,1-3H3,(H,15,19). The molecule has 1 saturated heterocycles. The Bertz CT molecular complexity index is 505. The van der Waals surface area contributed by atoms with Gasteiger partial charge in [0.05, 0.1) is 13.1 Å². The van der Waals surface area contributed by atoms with Crippen molar-refractivity contribution >= 4 is 11.7 Å². The molecule has 2 heterocycles. The molecule has 0 unspecified atom stereocenters. The van der Waals surface area contributed by atoms with Gasteiger partial charge in [-0.3, -0.25) is 14.5 Å². The van der Waals surface area contributed by atoms with Gasteiger partial charge in [-0.1, -0.05) is 0 Å². The van der Waals surface area contributed by atoms with Crippen LogP contribution in [-0.2, 0) is 11.3 Å². The Balaban J connectivity index is 2.09. The van der Waals surface area contributed by atoms with Gasteiger partial charge in [-0.25, -0.2) is 0 Å². The lowest BCUT2D eigenvalue weighted by Crippen LogP contribution is -2.49. The summed E-state index contributed by atoms with van der Waals surface area (Å²) in [4.78, 5) is 25.5. The molecule has 0 bridgehead atoms. The van der Waals surface area contributed by atoms with Crippen LogP contribution in [0.2, 0.25) is 0 Å². The molecule has 1 N–H and O–H groups in total. The van der Waals surface area contributed by atoms with Crippen LogP contribution < -0.4 is 5.32 Å². The molecule has 5 heteroatoms. The normalized spacial score (nSPS) is 16.5. The van der Waals surface area contributed by atoms with E-state index < -0.39 is 0 Å². The molecule has 0 radical (unpaired) electrons. The van der Waals surface area contributed by atoms with E-state index in [1.165, 1.54) is 0 Å². The fraction of sp³-hybridized carbons (Fsp3) is 0.571. The molecule has 2 rings (SSSR count). The fourth-order valence-electron chi connectivity index (χ4n) is 2.68. The number of Topliss-reactive ketones (excluding diaryl/α,β-unsaturated/α-hetero) is 1. The Hall–Kier alpha value is -1.62. The first kappa shape index (κ1) is 13.8. The Morgan fingerprint density at radius 2 is 2.16 bits per heavy atom. The maximum absolute atomic E-state index is 12.3. The highest BCUT2D eigenvalue weighted by Gasteiger charge is 2.21. The molecule has 1 aliphatic rings. The minimum atomic E-state index is -0.00178. The summed E-state index contributed by atoms with van der Waals surface area (Å²) >= 11 is 0. The van der Waals surface area contributed by atoms with Gasteiger partial charge in [0, 0.05) is 36.6 Å². The molecule has 0 saturated carbocycles. The summed E-state index contributed by atoms with van der Waals surface area (Å²) in [5, 5.41) is 2.76. The minimum absolute atomic E-state index is 0.00178. The first-order chi connectivity index (χ1) is 9.02. The Morgan fingerprint density at radius 3 is 2.74 bits per heavy atom. The highest BCUT2D eigenvalue weighted by molar-refractivity contribution is 5.99. The van der Waals surface area contributed by atoms with Crippen molar-refractivity contribution in [2.75, 3.05) is 26.2 Å². The average Bonchev–Trinajstić information content (AvgIpc) is 2.64. The van der Waals surface area contributed by atoms with Crippen molar-refractivity contribution in [1.82, 2.24) is 14.8 Å². The van der Waals surface area contributed by atoms with Crippen LogP contribution in [0.4, 0.5) is 0 Å². The molecule has 0 spiro atoms. The topological polar surface area (TPSA) is 54.3 Å². The van der Waals surface area contributed by atoms with Gasteiger partial charge in [-0.05, 0) is 26.8 Å². The zero-order valence-corrected chi connectivity index (χ0v) is 11.8. The van der Waals surface area contributed by atoms with E-state index in [1.807, 2.05) is 24.8 Å². The number of ketones is 1. The molecule has 1 aromatic heterocycles. The zero-order chi connectivity index (χ0) is 14.0. The summed E-state index contributed by atoms with van der Waals surface area (Å²) in [5.74, 6) is 0.0978. The zero-order valence-electron chi connectivity index (χ0n) is 11.8. The van der Waals surface area contributed by atoms with Crippen LogP contribution in [0.25, 0.3) is 0 Å². The third kappa shape index (κ3) is 2.87. The number of hydrogen-bond donors (Lipinski definition) is 1. The number of nitrogens with one attached hydrogen (secondary N) is 1. The third-order valence-electron chi connectivity index (χ3n) is 3.67. The smallest absolute Gasteiger partial charge is 0.234 e. The number of rotatable bonds is 4. The van der Waals surface area contributed by atoms with E-state index in [9.17, 15) is 9.59 Å². The molecule has 1 amide bonds. The molecule has 0 aliphatic carbocycles. The second-order valence-corrected chi connectivity index (χ2v) is 5.01. The van der Waals surface area contributed by atoms with Crippen LogP contribution in [0.5, 0.6) is 0 Å². The second kappa shape index (κ2) is 5.57. The first-order valence-electron chi connectivity index (χ1n) is 6.72. The number of nitrogens with zero attached hydrogens (tertiary/aromatic N) is 2. The van der Waals surface area contributed by atoms with Crippen molar-refractivity contribution in [2.45, 2.75) is 27.3 Å². The predicted octanol–water partition coefficient (Wildman–Crippen LogP) is 0.739. The SMILES string of the molecule is CCn1c(C)cc(C(=O)CN2CCNC(=O)C2)c1C. The predicted molar refractivity (Wildman–Crippen MR) is 73.4 cm³/mol. The summed E-state index contributed by atoms with van der Waals surface area (Å²) in [6.45, 7) is 8.94. The van der Waals surface area contributed by atoms with Crippen molar-refractivity contribution in [3.63, 3.8) is 0 Å². The summed E-state index contributed by atoms with van der Waals surface area (Å²) in [5.41, 5.74) is 2.91. The van der Waals surface area contributed by atoms with Crippen molar-refractivity contribution < 1.29 is 9.59 Å². The monoisotopic (exact) mass is 263 g/mol. The first-order valence-corrected chi connectivity index (χ1v) is 6.72. The van der Waals surface area contributed by atoms with Gasteiger partial charge in [0.15, 0.2) is 5.78 Å². The van der Waals surface area contributed by atoms with Crippen LogP contribution in [0.3, 0.4) is 0 Å². The summed E-state index contributed by atoms with van der Waals surface area (Å²) in [6, 6.07) is 1.95. The van der Waals surface area contributed by atoms with Gasteiger partial charge in [-0.2, -0.15) is 0 Å². The number of aromatic nitrogens is 1. The molecular formula is C14H21N3O2. The van der Waals surface area contributed by atoms with Crippen LogP contribution in [0.1, 0.15) is 28.7 Å². The minimum Gasteiger partial charge on any atom is -0.354 e. The van der Waals surface area contributed by atoms with Gasteiger partial charge in [0.25, 0.3) is 0 Å². The molecule has 104 valence electrons. The molecule has 0 atom stereocenters. The van der Waals surface area contributed by atoms with Gasteiger partial charge in [-0.15, -0.1) is 0 Å². The molecule has 1 aliphatic heterocycles. The quantitative estimate of drug-likeness (QED) is 0.815. The molecule has 1 aromatic rings. The number of amides is 1. The lowest BCUT2D eigenvalue weighted by atomic mass is 10.1. The number of hydrogen-bond acceptors (Lipinski definition) is 3.